The zero-order valence-corrected chi connectivity index (χ0v) is 12.0. The highest BCUT2D eigenvalue weighted by Gasteiger charge is 2.23. The van der Waals surface area contributed by atoms with Gasteiger partial charge in [-0.2, -0.15) is 4.68 Å². The van der Waals surface area contributed by atoms with E-state index in [1.54, 1.807) is 4.68 Å². The third-order valence-corrected chi connectivity index (χ3v) is 4.38. The first kappa shape index (κ1) is 13.4. The minimum Gasteiger partial charge on any atom is -0.352 e. The average Bonchev–Trinajstić information content (AvgIpc) is 2.96. The van der Waals surface area contributed by atoms with E-state index >= 15 is 0 Å². The van der Waals surface area contributed by atoms with E-state index in [0.717, 1.165) is 18.7 Å². The first-order valence-corrected chi connectivity index (χ1v) is 7.50. The van der Waals surface area contributed by atoms with Crippen molar-refractivity contribution in [1.82, 2.24) is 20.2 Å². The number of nitrogens with zero attached hydrogens (tertiary/aromatic N) is 4. The van der Waals surface area contributed by atoms with Crippen molar-refractivity contribution >= 4 is 17.5 Å². The SMILES string of the molecule is ClC1CCCCC1CNc1nnnn1-c1ccccc1. The predicted molar refractivity (Wildman–Crippen MR) is 79.2 cm³/mol. The Balaban J connectivity index is 1.68. The number of nitrogens with one attached hydrogen (secondary N) is 1. The molecule has 0 radical (unpaired) electrons. The van der Waals surface area contributed by atoms with Gasteiger partial charge in [-0.25, -0.2) is 0 Å². The van der Waals surface area contributed by atoms with Gasteiger partial charge in [0.2, 0.25) is 5.95 Å². The van der Waals surface area contributed by atoms with Crippen molar-refractivity contribution < 1.29 is 0 Å². The van der Waals surface area contributed by atoms with Crippen LogP contribution in [-0.2, 0) is 0 Å². The van der Waals surface area contributed by atoms with Gasteiger partial charge >= 0.3 is 0 Å². The van der Waals surface area contributed by atoms with Crippen LogP contribution in [-0.4, -0.2) is 32.1 Å². The highest BCUT2D eigenvalue weighted by molar-refractivity contribution is 6.20. The Morgan fingerprint density at radius 3 is 2.80 bits per heavy atom. The van der Waals surface area contributed by atoms with Crippen LogP contribution in [0.4, 0.5) is 5.95 Å². The van der Waals surface area contributed by atoms with Crippen LogP contribution in [0.25, 0.3) is 5.69 Å². The molecule has 2 atom stereocenters. The molecule has 0 saturated heterocycles. The van der Waals surface area contributed by atoms with Gasteiger partial charge in [-0.05, 0) is 41.3 Å². The Labute approximate surface area is 123 Å². The molecule has 3 rings (SSSR count). The van der Waals surface area contributed by atoms with E-state index in [-0.39, 0.29) is 5.38 Å². The Bertz CT molecular complexity index is 542. The van der Waals surface area contributed by atoms with E-state index in [9.17, 15) is 0 Å². The second-order valence-electron chi connectivity index (χ2n) is 5.19. The van der Waals surface area contributed by atoms with E-state index < -0.39 is 0 Å². The topological polar surface area (TPSA) is 55.6 Å². The van der Waals surface area contributed by atoms with Crippen LogP contribution in [0.1, 0.15) is 25.7 Å². The second-order valence-corrected chi connectivity index (χ2v) is 5.75. The molecular weight excluding hydrogens is 274 g/mol. The third-order valence-electron chi connectivity index (χ3n) is 3.81. The van der Waals surface area contributed by atoms with Gasteiger partial charge < -0.3 is 5.32 Å². The Hall–Kier alpha value is -1.62. The number of hydrogen-bond acceptors (Lipinski definition) is 4. The zero-order chi connectivity index (χ0) is 13.8. The maximum Gasteiger partial charge on any atom is 0.247 e. The summed E-state index contributed by atoms with van der Waals surface area (Å²) in [6.45, 7) is 0.821. The highest BCUT2D eigenvalue weighted by atomic mass is 35.5. The van der Waals surface area contributed by atoms with Gasteiger partial charge in [0.05, 0.1) is 5.69 Å². The molecule has 2 unspecified atom stereocenters. The van der Waals surface area contributed by atoms with Crippen molar-refractivity contribution in [2.24, 2.45) is 5.92 Å². The molecule has 0 spiro atoms. The van der Waals surface area contributed by atoms with E-state index in [4.69, 9.17) is 11.6 Å². The van der Waals surface area contributed by atoms with Crippen LogP contribution in [0.15, 0.2) is 30.3 Å². The van der Waals surface area contributed by atoms with Gasteiger partial charge in [-0.1, -0.05) is 36.1 Å². The van der Waals surface area contributed by atoms with E-state index in [2.05, 4.69) is 20.8 Å². The summed E-state index contributed by atoms with van der Waals surface area (Å²) in [7, 11) is 0. The highest BCUT2D eigenvalue weighted by Crippen LogP contribution is 2.28. The van der Waals surface area contributed by atoms with Gasteiger partial charge in [0.25, 0.3) is 0 Å². The quantitative estimate of drug-likeness (QED) is 0.880. The number of anilines is 1. The molecule has 106 valence electrons. The summed E-state index contributed by atoms with van der Waals surface area (Å²) >= 11 is 6.38. The number of benzene rings is 1. The van der Waals surface area contributed by atoms with E-state index in [1.807, 2.05) is 30.3 Å². The summed E-state index contributed by atoms with van der Waals surface area (Å²) in [5.74, 6) is 1.16. The lowest BCUT2D eigenvalue weighted by atomic mass is 9.89. The van der Waals surface area contributed by atoms with Crippen LogP contribution in [0.5, 0.6) is 0 Å². The first-order valence-electron chi connectivity index (χ1n) is 7.06. The van der Waals surface area contributed by atoms with Gasteiger partial charge in [0.15, 0.2) is 0 Å². The normalized spacial score (nSPS) is 22.6. The summed E-state index contributed by atoms with van der Waals surface area (Å²) < 4.78 is 1.71. The van der Waals surface area contributed by atoms with Crippen LogP contribution in [0.2, 0.25) is 0 Å². The lowest BCUT2D eigenvalue weighted by molar-refractivity contribution is 0.380. The molecule has 1 N–H and O–H groups in total. The van der Waals surface area contributed by atoms with Crippen LogP contribution < -0.4 is 5.32 Å². The van der Waals surface area contributed by atoms with E-state index in [0.29, 0.717) is 11.9 Å². The molecule has 1 heterocycles. The molecular formula is C14H18ClN5. The number of hydrogen-bond donors (Lipinski definition) is 1. The summed E-state index contributed by atoms with van der Waals surface area (Å²) in [6.07, 6.45) is 4.79. The lowest BCUT2D eigenvalue weighted by Crippen LogP contribution is -2.27. The fourth-order valence-corrected chi connectivity index (χ4v) is 3.02. The summed E-state index contributed by atoms with van der Waals surface area (Å²) in [6, 6.07) is 9.87. The van der Waals surface area contributed by atoms with Crippen molar-refractivity contribution in [3.63, 3.8) is 0 Å². The van der Waals surface area contributed by atoms with E-state index in [1.165, 1.54) is 19.3 Å². The number of aromatic nitrogens is 4. The largest absolute Gasteiger partial charge is 0.352 e. The van der Waals surface area contributed by atoms with Crippen LogP contribution >= 0.6 is 11.6 Å². The molecule has 0 amide bonds. The molecule has 2 aromatic rings. The zero-order valence-electron chi connectivity index (χ0n) is 11.2. The van der Waals surface area contributed by atoms with Crippen molar-refractivity contribution in [1.29, 1.82) is 0 Å². The molecule has 1 aromatic heterocycles. The van der Waals surface area contributed by atoms with Crippen molar-refractivity contribution in [3.8, 4) is 5.69 Å². The fourth-order valence-electron chi connectivity index (χ4n) is 2.66. The molecule has 1 saturated carbocycles. The maximum absolute atomic E-state index is 6.38. The van der Waals surface area contributed by atoms with Crippen LogP contribution in [0, 0.1) is 5.92 Å². The number of rotatable bonds is 4. The summed E-state index contributed by atoms with van der Waals surface area (Å²) in [5.41, 5.74) is 0.950. The van der Waals surface area contributed by atoms with Gasteiger partial charge in [0.1, 0.15) is 0 Å². The van der Waals surface area contributed by atoms with Crippen molar-refractivity contribution in [2.45, 2.75) is 31.1 Å². The minimum absolute atomic E-state index is 0.261. The number of para-hydroxylation sites is 1. The molecule has 1 fully saturated rings. The van der Waals surface area contributed by atoms with Gasteiger partial charge in [-0.3, -0.25) is 0 Å². The first-order chi connectivity index (χ1) is 9.84. The number of halogens is 1. The molecule has 0 bridgehead atoms. The monoisotopic (exact) mass is 291 g/mol. The predicted octanol–water partition coefficient (Wildman–Crippen LogP) is 2.87. The number of tetrazole rings is 1. The molecule has 5 nitrogen and oxygen atoms in total. The molecule has 6 heteroatoms. The third kappa shape index (κ3) is 2.93. The standard InChI is InChI=1S/C14H18ClN5/c15-13-9-5-4-6-11(13)10-16-14-17-18-19-20(14)12-7-2-1-3-8-12/h1-3,7-8,11,13H,4-6,9-10H2,(H,16,17,19). The number of alkyl halides is 1. The van der Waals surface area contributed by atoms with Gasteiger partial charge in [0, 0.05) is 11.9 Å². The fraction of sp³-hybridized carbons (Fsp3) is 0.500. The summed E-state index contributed by atoms with van der Waals surface area (Å²) in [5, 5.41) is 15.4. The Kier molecular flexibility index (Phi) is 4.16. The van der Waals surface area contributed by atoms with Crippen LogP contribution in [0.3, 0.4) is 0 Å². The molecule has 1 aliphatic rings. The molecule has 0 aliphatic heterocycles. The minimum atomic E-state index is 0.261. The molecule has 1 aromatic carbocycles. The Morgan fingerprint density at radius 2 is 2.00 bits per heavy atom. The van der Waals surface area contributed by atoms with Crippen molar-refractivity contribution in [3.05, 3.63) is 30.3 Å². The Morgan fingerprint density at radius 1 is 1.20 bits per heavy atom. The van der Waals surface area contributed by atoms with Gasteiger partial charge in [-0.15, -0.1) is 11.6 Å². The molecule has 20 heavy (non-hydrogen) atoms. The average molecular weight is 292 g/mol. The second kappa shape index (κ2) is 6.22. The maximum atomic E-state index is 6.38. The summed E-state index contributed by atoms with van der Waals surface area (Å²) in [4.78, 5) is 0. The smallest absolute Gasteiger partial charge is 0.247 e. The lowest BCUT2D eigenvalue weighted by Gasteiger charge is -2.27. The molecule has 1 aliphatic carbocycles. The van der Waals surface area contributed by atoms with Crippen molar-refractivity contribution in [2.75, 3.05) is 11.9 Å².